The van der Waals surface area contributed by atoms with Crippen LogP contribution in [-0.2, 0) is 6.54 Å². The molecule has 0 aliphatic heterocycles. The highest BCUT2D eigenvalue weighted by Gasteiger charge is 2.13. The standard InChI is InChI=1S/C13H14N2O2/c1-10-6-7-11(17-10)9-15(2)13(16)12-5-3-4-8-14-12/h3-8H,9H2,1-2H3. The zero-order chi connectivity index (χ0) is 12.3. The third-order valence-electron chi connectivity index (χ3n) is 2.42. The summed E-state index contributed by atoms with van der Waals surface area (Å²) in [6, 6.07) is 9.04. The number of rotatable bonds is 3. The molecular weight excluding hydrogens is 216 g/mol. The van der Waals surface area contributed by atoms with E-state index in [1.807, 2.05) is 19.1 Å². The quantitative estimate of drug-likeness (QED) is 0.812. The predicted molar refractivity (Wildman–Crippen MR) is 63.5 cm³/mol. The third kappa shape index (κ3) is 2.72. The first kappa shape index (κ1) is 11.4. The van der Waals surface area contributed by atoms with E-state index in [1.165, 1.54) is 0 Å². The van der Waals surface area contributed by atoms with Crippen molar-refractivity contribution in [1.29, 1.82) is 0 Å². The number of furan rings is 1. The molecule has 0 aromatic carbocycles. The zero-order valence-corrected chi connectivity index (χ0v) is 9.88. The number of aromatic nitrogens is 1. The van der Waals surface area contributed by atoms with Gasteiger partial charge in [0.15, 0.2) is 0 Å². The van der Waals surface area contributed by atoms with E-state index in [-0.39, 0.29) is 5.91 Å². The summed E-state index contributed by atoms with van der Waals surface area (Å²) in [4.78, 5) is 17.6. The Morgan fingerprint density at radius 3 is 2.76 bits per heavy atom. The van der Waals surface area contributed by atoms with Gasteiger partial charge in [-0.25, -0.2) is 0 Å². The van der Waals surface area contributed by atoms with E-state index in [9.17, 15) is 4.79 Å². The summed E-state index contributed by atoms with van der Waals surface area (Å²) in [7, 11) is 1.73. The highest BCUT2D eigenvalue weighted by molar-refractivity contribution is 5.91. The highest BCUT2D eigenvalue weighted by Crippen LogP contribution is 2.10. The normalized spacial score (nSPS) is 10.2. The largest absolute Gasteiger partial charge is 0.464 e. The molecule has 0 aliphatic carbocycles. The van der Waals surface area contributed by atoms with Crippen LogP contribution in [0.2, 0.25) is 0 Å². The van der Waals surface area contributed by atoms with Crippen molar-refractivity contribution in [2.45, 2.75) is 13.5 Å². The molecule has 88 valence electrons. The van der Waals surface area contributed by atoms with E-state index in [0.29, 0.717) is 12.2 Å². The fraction of sp³-hybridized carbons (Fsp3) is 0.231. The molecule has 0 aliphatic rings. The number of pyridine rings is 1. The van der Waals surface area contributed by atoms with Crippen LogP contribution in [-0.4, -0.2) is 22.8 Å². The molecule has 0 unspecified atom stereocenters. The van der Waals surface area contributed by atoms with E-state index in [1.54, 1.807) is 36.3 Å². The van der Waals surface area contributed by atoms with Crippen molar-refractivity contribution in [2.24, 2.45) is 0 Å². The third-order valence-corrected chi connectivity index (χ3v) is 2.42. The lowest BCUT2D eigenvalue weighted by molar-refractivity contribution is 0.0769. The minimum Gasteiger partial charge on any atom is -0.464 e. The molecular formula is C13H14N2O2. The van der Waals surface area contributed by atoms with Crippen LogP contribution in [0.15, 0.2) is 40.9 Å². The summed E-state index contributed by atoms with van der Waals surface area (Å²) in [6.07, 6.45) is 1.61. The van der Waals surface area contributed by atoms with E-state index in [0.717, 1.165) is 11.5 Å². The average Bonchev–Trinajstić information content (AvgIpc) is 2.75. The molecule has 0 radical (unpaired) electrons. The number of nitrogens with zero attached hydrogens (tertiary/aromatic N) is 2. The van der Waals surface area contributed by atoms with E-state index in [4.69, 9.17) is 4.42 Å². The molecule has 0 saturated heterocycles. The Hall–Kier alpha value is -2.10. The molecule has 4 heteroatoms. The van der Waals surface area contributed by atoms with Gasteiger partial charge >= 0.3 is 0 Å². The van der Waals surface area contributed by atoms with Crippen LogP contribution in [0.5, 0.6) is 0 Å². The summed E-state index contributed by atoms with van der Waals surface area (Å²) in [5, 5.41) is 0. The summed E-state index contributed by atoms with van der Waals surface area (Å²) in [6.45, 7) is 2.33. The van der Waals surface area contributed by atoms with Gasteiger partial charge in [-0.2, -0.15) is 0 Å². The van der Waals surface area contributed by atoms with Gasteiger partial charge in [0.1, 0.15) is 17.2 Å². The first-order valence-electron chi connectivity index (χ1n) is 5.38. The van der Waals surface area contributed by atoms with Crippen molar-refractivity contribution in [3.05, 3.63) is 53.7 Å². The van der Waals surface area contributed by atoms with Crippen LogP contribution in [0.3, 0.4) is 0 Å². The lowest BCUT2D eigenvalue weighted by atomic mass is 10.3. The van der Waals surface area contributed by atoms with Crippen molar-refractivity contribution < 1.29 is 9.21 Å². The Labute approximate surface area is 99.9 Å². The number of hydrogen-bond donors (Lipinski definition) is 0. The van der Waals surface area contributed by atoms with Gasteiger partial charge in [0.05, 0.1) is 6.54 Å². The molecule has 0 N–H and O–H groups in total. The van der Waals surface area contributed by atoms with Gasteiger partial charge in [-0.3, -0.25) is 9.78 Å². The second-order valence-electron chi connectivity index (χ2n) is 3.89. The van der Waals surface area contributed by atoms with E-state index < -0.39 is 0 Å². The van der Waals surface area contributed by atoms with Crippen LogP contribution in [0.25, 0.3) is 0 Å². The first-order chi connectivity index (χ1) is 8.16. The molecule has 0 spiro atoms. The molecule has 1 amide bonds. The van der Waals surface area contributed by atoms with Crippen molar-refractivity contribution in [3.63, 3.8) is 0 Å². The summed E-state index contributed by atoms with van der Waals surface area (Å²) in [5.41, 5.74) is 0.443. The van der Waals surface area contributed by atoms with Crippen LogP contribution in [0.4, 0.5) is 0 Å². The van der Waals surface area contributed by atoms with Gasteiger partial charge < -0.3 is 9.32 Å². The van der Waals surface area contributed by atoms with Crippen LogP contribution in [0, 0.1) is 6.92 Å². The predicted octanol–water partition coefficient (Wildman–Crippen LogP) is 2.26. The van der Waals surface area contributed by atoms with Crippen molar-refractivity contribution in [3.8, 4) is 0 Å². The van der Waals surface area contributed by atoms with Crippen molar-refractivity contribution in [1.82, 2.24) is 9.88 Å². The Morgan fingerprint density at radius 2 is 2.18 bits per heavy atom. The smallest absolute Gasteiger partial charge is 0.272 e. The van der Waals surface area contributed by atoms with E-state index in [2.05, 4.69) is 4.98 Å². The molecule has 2 aromatic rings. The Balaban J connectivity index is 2.06. The monoisotopic (exact) mass is 230 g/mol. The van der Waals surface area contributed by atoms with Crippen LogP contribution < -0.4 is 0 Å². The molecule has 2 aromatic heterocycles. The molecule has 2 rings (SSSR count). The molecule has 17 heavy (non-hydrogen) atoms. The average molecular weight is 230 g/mol. The number of carbonyl (C=O) groups is 1. The van der Waals surface area contributed by atoms with Crippen LogP contribution in [0.1, 0.15) is 22.0 Å². The molecule has 4 nitrogen and oxygen atoms in total. The molecule has 0 fully saturated rings. The van der Waals surface area contributed by atoms with Gasteiger partial charge in [-0.05, 0) is 31.2 Å². The summed E-state index contributed by atoms with van der Waals surface area (Å²) < 4.78 is 5.43. The molecule has 0 atom stereocenters. The van der Waals surface area contributed by atoms with E-state index >= 15 is 0 Å². The number of aryl methyl sites for hydroxylation is 1. The first-order valence-corrected chi connectivity index (χ1v) is 5.38. The second-order valence-corrected chi connectivity index (χ2v) is 3.89. The van der Waals surface area contributed by atoms with Gasteiger partial charge in [0.25, 0.3) is 5.91 Å². The zero-order valence-electron chi connectivity index (χ0n) is 9.88. The maximum atomic E-state index is 12.0. The number of carbonyl (C=O) groups excluding carboxylic acids is 1. The summed E-state index contributed by atoms with van der Waals surface area (Å²) >= 11 is 0. The minimum absolute atomic E-state index is 0.111. The summed E-state index contributed by atoms with van der Waals surface area (Å²) in [5.74, 6) is 1.51. The van der Waals surface area contributed by atoms with Crippen molar-refractivity contribution >= 4 is 5.91 Å². The van der Waals surface area contributed by atoms with Gasteiger partial charge in [0.2, 0.25) is 0 Å². The number of amides is 1. The Bertz CT molecular complexity index is 505. The second kappa shape index (κ2) is 4.82. The van der Waals surface area contributed by atoms with Gasteiger partial charge in [0, 0.05) is 13.2 Å². The number of hydrogen-bond acceptors (Lipinski definition) is 3. The highest BCUT2D eigenvalue weighted by atomic mass is 16.3. The van der Waals surface area contributed by atoms with Gasteiger partial charge in [-0.1, -0.05) is 6.07 Å². The maximum Gasteiger partial charge on any atom is 0.272 e. The maximum absolute atomic E-state index is 12.0. The lowest BCUT2D eigenvalue weighted by Crippen LogP contribution is -2.26. The van der Waals surface area contributed by atoms with Crippen molar-refractivity contribution in [2.75, 3.05) is 7.05 Å². The fourth-order valence-electron chi connectivity index (χ4n) is 1.56. The Morgan fingerprint density at radius 1 is 1.35 bits per heavy atom. The van der Waals surface area contributed by atoms with Crippen LogP contribution >= 0.6 is 0 Å². The van der Waals surface area contributed by atoms with Gasteiger partial charge in [-0.15, -0.1) is 0 Å². The molecule has 2 heterocycles. The SMILES string of the molecule is Cc1ccc(CN(C)C(=O)c2ccccn2)o1. The fourth-order valence-corrected chi connectivity index (χ4v) is 1.56. The minimum atomic E-state index is -0.111. The lowest BCUT2D eigenvalue weighted by Gasteiger charge is -2.14. The molecule has 0 bridgehead atoms. The molecule has 0 saturated carbocycles. The Kier molecular flexibility index (Phi) is 3.23. The topological polar surface area (TPSA) is 46.3 Å².